The van der Waals surface area contributed by atoms with Crippen molar-refractivity contribution >= 4 is 5.91 Å². The van der Waals surface area contributed by atoms with Gasteiger partial charge >= 0.3 is 0 Å². The molecule has 0 aromatic carbocycles. The third-order valence-corrected chi connectivity index (χ3v) is 0.844. The second-order valence-corrected chi connectivity index (χ2v) is 1.92. The Balaban J connectivity index is 3.69. The molecule has 0 aliphatic carbocycles. The summed E-state index contributed by atoms with van der Waals surface area (Å²) in [4.78, 5) is 10.2. The van der Waals surface area contributed by atoms with Crippen molar-refractivity contribution in [3.8, 4) is 0 Å². The largest absolute Gasteiger partial charge is 0.366 e. The van der Waals surface area contributed by atoms with Gasteiger partial charge in [0, 0.05) is 12.6 Å². The molecular formula is C6H12N2O. The topological polar surface area (TPSA) is 55.1 Å². The molecule has 52 valence electrons. The first-order valence-corrected chi connectivity index (χ1v) is 2.78. The zero-order chi connectivity index (χ0) is 7.28. The summed E-state index contributed by atoms with van der Waals surface area (Å²) < 4.78 is 0. The molecule has 0 heterocycles. The lowest BCUT2D eigenvalue weighted by Gasteiger charge is -1.95. The average molecular weight is 128 g/mol. The molecule has 0 aliphatic rings. The first-order valence-electron chi connectivity index (χ1n) is 2.78. The Kier molecular flexibility index (Phi) is 3.71. The third kappa shape index (κ3) is 5.03. The van der Waals surface area contributed by atoms with Gasteiger partial charge in [-0.15, -0.1) is 0 Å². The van der Waals surface area contributed by atoms with Crippen LogP contribution in [-0.4, -0.2) is 19.5 Å². The van der Waals surface area contributed by atoms with Crippen LogP contribution < -0.4 is 11.1 Å². The lowest BCUT2D eigenvalue weighted by Crippen LogP contribution is -2.12. The zero-order valence-electron chi connectivity index (χ0n) is 5.77. The van der Waals surface area contributed by atoms with Crippen LogP contribution >= 0.6 is 0 Å². The fraction of sp³-hybridized carbons (Fsp3) is 0.500. The number of primary amides is 1. The second-order valence-electron chi connectivity index (χ2n) is 1.92. The van der Waals surface area contributed by atoms with Crippen molar-refractivity contribution in [3.63, 3.8) is 0 Å². The van der Waals surface area contributed by atoms with Crippen molar-refractivity contribution in [3.05, 3.63) is 11.6 Å². The second kappa shape index (κ2) is 4.09. The molecule has 0 aromatic heterocycles. The predicted molar refractivity (Wildman–Crippen MR) is 36.9 cm³/mol. The van der Waals surface area contributed by atoms with E-state index in [9.17, 15) is 4.79 Å². The highest BCUT2D eigenvalue weighted by molar-refractivity contribution is 5.86. The van der Waals surface area contributed by atoms with E-state index in [4.69, 9.17) is 5.73 Å². The van der Waals surface area contributed by atoms with Gasteiger partial charge in [-0.2, -0.15) is 0 Å². The van der Waals surface area contributed by atoms with Crippen molar-refractivity contribution < 1.29 is 4.79 Å². The molecule has 0 aliphatic heterocycles. The van der Waals surface area contributed by atoms with Crippen LogP contribution in [0.1, 0.15) is 6.92 Å². The summed E-state index contributed by atoms with van der Waals surface area (Å²) in [5, 5.41) is 2.90. The molecule has 9 heavy (non-hydrogen) atoms. The Morgan fingerprint density at radius 2 is 2.33 bits per heavy atom. The first-order chi connectivity index (χ1) is 4.16. The monoisotopic (exact) mass is 128 g/mol. The number of rotatable bonds is 3. The highest BCUT2D eigenvalue weighted by Gasteiger charge is 1.88. The minimum Gasteiger partial charge on any atom is -0.366 e. The number of nitrogens with one attached hydrogen (secondary N) is 1. The van der Waals surface area contributed by atoms with Gasteiger partial charge in [-0.3, -0.25) is 4.79 Å². The van der Waals surface area contributed by atoms with Crippen LogP contribution in [0.25, 0.3) is 0 Å². The highest BCUT2D eigenvalue weighted by Crippen LogP contribution is 1.86. The summed E-state index contributed by atoms with van der Waals surface area (Å²) in [6.45, 7) is 2.56. The normalized spacial score (nSPS) is 11.6. The number of carbonyl (C=O) groups is 1. The van der Waals surface area contributed by atoms with Gasteiger partial charge in [-0.1, -0.05) is 5.57 Å². The number of likely N-dealkylation sites (N-methyl/N-ethyl adjacent to an activating group) is 1. The van der Waals surface area contributed by atoms with E-state index in [0.717, 1.165) is 5.57 Å². The summed E-state index contributed by atoms with van der Waals surface area (Å²) >= 11 is 0. The molecule has 0 saturated heterocycles. The molecule has 0 bridgehead atoms. The van der Waals surface area contributed by atoms with Crippen LogP contribution in [0.5, 0.6) is 0 Å². The van der Waals surface area contributed by atoms with Crippen LogP contribution in [0, 0.1) is 0 Å². The Morgan fingerprint density at radius 1 is 1.78 bits per heavy atom. The summed E-state index contributed by atoms with van der Waals surface area (Å²) in [5.74, 6) is -0.386. The molecular weight excluding hydrogens is 116 g/mol. The minimum atomic E-state index is -0.386. The maximum atomic E-state index is 10.2. The quantitative estimate of drug-likeness (QED) is 0.510. The van der Waals surface area contributed by atoms with E-state index in [1.54, 1.807) is 0 Å². The Morgan fingerprint density at radius 3 is 2.67 bits per heavy atom. The molecule has 0 unspecified atom stereocenters. The van der Waals surface area contributed by atoms with Crippen molar-refractivity contribution in [2.45, 2.75) is 6.92 Å². The van der Waals surface area contributed by atoms with Gasteiger partial charge < -0.3 is 11.1 Å². The van der Waals surface area contributed by atoms with E-state index in [1.165, 1.54) is 6.08 Å². The molecule has 0 aromatic rings. The molecule has 0 spiro atoms. The van der Waals surface area contributed by atoms with E-state index in [0.29, 0.717) is 6.54 Å². The fourth-order valence-electron chi connectivity index (χ4n) is 0.573. The summed E-state index contributed by atoms with van der Waals surface area (Å²) in [6, 6.07) is 0. The molecule has 1 amide bonds. The zero-order valence-corrected chi connectivity index (χ0v) is 5.77. The maximum absolute atomic E-state index is 10.2. The fourth-order valence-corrected chi connectivity index (χ4v) is 0.573. The van der Waals surface area contributed by atoms with Crippen LogP contribution in [0.3, 0.4) is 0 Å². The summed E-state index contributed by atoms with van der Waals surface area (Å²) in [5.41, 5.74) is 5.83. The van der Waals surface area contributed by atoms with Gasteiger partial charge in [0.25, 0.3) is 0 Å². The van der Waals surface area contributed by atoms with Crippen molar-refractivity contribution in [2.24, 2.45) is 5.73 Å². The lowest BCUT2D eigenvalue weighted by molar-refractivity contribution is -0.113. The number of carbonyl (C=O) groups excluding carboxylic acids is 1. The van der Waals surface area contributed by atoms with Gasteiger partial charge in [-0.05, 0) is 14.0 Å². The molecule has 0 saturated carbocycles. The van der Waals surface area contributed by atoms with Crippen LogP contribution in [0.4, 0.5) is 0 Å². The SMILES string of the molecule is CNCC(C)=CC(N)=O. The minimum absolute atomic E-state index is 0.386. The predicted octanol–water partition coefficient (Wildman–Crippen LogP) is -0.363. The number of hydrogen-bond acceptors (Lipinski definition) is 2. The molecule has 0 rings (SSSR count). The Bertz CT molecular complexity index is 129. The summed E-state index contributed by atoms with van der Waals surface area (Å²) in [6.07, 6.45) is 1.41. The van der Waals surface area contributed by atoms with Crippen LogP contribution in [0.15, 0.2) is 11.6 Å². The standard InChI is InChI=1S/C6H12N2O/c1-5(4-8-2)3-6(7)9/h3,8H,4H2,1-2H3,(H2,7,9). The number of nitrogens with two attached hydrogens (primary N) is 1. The van der Waals surface area contributed by atoms with Crippen molar-refractivity contribution in [2.75, 3.05) is 13.6 Å². The van der Waals surface area contributed by atoms with E-state index < -0.39 is 0 Å². The number of hydrogen-bond donors (Lipinski definition) is 2. The Labute approximate surface area is 54.9 Å². The number of amides is 1. The molecule has 3 nitrogen and oxygen atoms in total. The van der Waals surface area contributed by atoms with E-state index in [2.05, 4.69) is 5.32 Å². The maximum Gasteiger partial charge on any atom is 0.241 e. The molecule has 3 heteroatoms. The Hall–Kier alpha value is -0.830. The van der Waals surface area contributed by atoms with Gasteiger partial charge in [0.15, 0.2) is 0 Å². The van der Waals surface area contributed by atoms with Crippen molar-refractivity contribution in [1.82, 2.24) is 5.32 Å². The van der Waals surface area contributed by atoms with Crippen LogP contribution in [0.2, 0.25) is 0 Å². The van der Waals surface area contributed by atoms with Crippen molar-refractivity contribution in [1.29, 1.82) is 0 Å². The third-order valence-electron chi connectivity index (χ3n) is 0.844. The summed E-state index contributed by atoms with van der Waals surface area (Å²) in [7, 11) is 1.82. The molecule has 0 radical (unpaired) electrons. The molecule has 3 N–H and O–H groups in total. The lowest BCUT2D eigenvalue weighted by atomic mass is 10.3. The smallest absolute Gasteiger partial charge is 0.241 e. The highest BCUT2D eigenvalue weighted by atomic mass is 16.1. The van der Waals surface area contributed by atoms with Gasteiger partial charge in [0.1, 0.15) is 0 Å². The average Bonchev–Trinajstić information content (AvgIpc) is 1.63. The van der Waals surface area contributed by atoms with Gasteiger partial charge in [0.05, 0.1) is 0 Å². The first kappa shape index (κ1) is 8.17. The van der Waals surface area contributed by atoms with Gasteiger partial charge in [0.2, 0.25) is 5.91 Å². The van der Waals surface area contributed by atoms with E-state index in [1.807, 2.05) is 14.0 Å². The molecule has 0 fully saturated rings. The van der Waals surface area contributed by atoms with Crippen LogP contribution in [-0.2, 0) is 4.79 Å². The van der Waals surface area contributed by atoms with E-state index in [-0.39, 0.29) is 5.91 Å². The van der Waals surface area contributed by atoms with E-state index >= 15 is 0 Å². The molecule has 0 atom stereocenters. The van der Waals surface area contributed by atoms with Gasteiger partial charge in [-0.25, -0.2) is 0 Å².